The lowest BCUT2D eigenvalue weighted by Crippen LogP contribution is -2.99. The minimum Gasteiger partial charge on any atom is -0.595 e. The van der Waals surface area contributed by atoms with E-state index in [9.17, 15) is 19.6 Å². The molecule has 0 radical (unpaired) electrons. The molecule has 14 heteroatoms. The van der Waals surface area contributed by atoms with Crippen LogP contribution in [-0.2, 0) is 14.4 Å². The average Bonchev–Trinajstić information content (AvgIpc) is 3.09. The molecule has 1 unspecified atom stereocenters. The Kier molecular flexibility index (Phi) is 6.92. The highest BCUT2D eigenvalue weighted by Gasteiger charge is 2.44. The Hall–Kier alpha value is -2.88. The molecule has 1 aliphatic carbocycles. The van der Waals surface area contributed by atoms with Crippen molar-refractivity contribution in [1.29, 1.82) is 0 Å². The van der Waals surface area contributed by atoms with Gasteiger partial charge in [-0.2, -0.15) is 10.3 Å². The van der Waals surface area contributed by atoms with Gasteiger partial charge in [0.2, 0.25) is 5.11 Å². The molecule has 1 amide bonds. The summed E-state index contributed by atoms with van der Waals surface area (Å²) >= 11 is 5.89. The van der Waals surface area contributed by atoms with Crippen molar-refractivity contribution >= 4 is 72.9 Å². The number of hydrazone groups is 1. The zero-order valence-electron chi connectivity index (χ0n) is 17.1. The number of fused-ring (bicyclic) bond motifs is 1. The highest BCUT2D eigenvalue weighted by Crippen LogP contribution is 2.35. The van der Waals surface area contributed by atoms with Crippen LogP contribution in [0.4, 0.5) is 10.8 Å². The van der Waals surface area contributed by atoms with Crippen LogP contribution in [0, 0.1) is 16.5 Å². The minimum atomic E-state index is -1.36. The number of hydrogen-bond donors (Lipinski definition) is 6. The fraction of sp³-hybridized carbons (Fsp3) is 0.333. The molecule has 1 aromatic heterocycles. The van der Waals surface area contributed by atoms with Gasteiger partial charge in [0, 0.05) is 25.0 Å². The fourth-order valence-electron chi connectivity index (χ4n) is 3.36. The summed E-state index contributed by atoms with van der Waals surface area (Å²) < 4.78 is 0.539. The Morgan fingerprint density at radius 2 is 2.03 bits per heavy atom. The van der Waals surface area contributed by atoms with Crippen LogP contribution in [0.15, 0.2) is 23.3 Å². The fourth-order valence-corrected chi connectivity index (χ4v) is 4.30. The number of rotatable bonds is 5. The molecule has 0 aliphatic heterocycles. The van der Waals surface area contributed by atoms with Crippen LogP contribution < -0.4 is 27.2 Å². The van der Waals surface area contributed by atoms with E-state index in [0.29, 0.717) is 10.2 Å². The number of nitrogens with one attached hydrogen (secondary N) is 4. The van der Waals surface area contributed by atoms with Gasteiger partial charge in [0.25, 0.3) is 5.91 Å². The van der Waals surface area contributed by atoms with E-state index < -0.39 is 34.0 Å². The van der Waals surface area contributed by atoms with E-state index in [4.69, 9.17) is 23.3 Å². The number of nitrogens with two attached hydrogens (primary N) is 1. The van der Waals surface area contributed by atoms with Crippen LogP contribution in [0.1, 0.15) is 26.7 Å². The number of quaternary nitrogens is 1. The van der Waals surface area contributed by atoms with Crippen LogP contribution in [0.2, 0.25) is 0 Å². The molecule has 1 atom stereocenters. The summed E-state index contributed by atoms with van der Waals surface area (Å²) in [4.78, 5) is 42.7. The smallest absolute Gasteiger partial charge is 0.274 e. The van der Waals surface area contributed by atoms with Gasteiger partial charge in [0.1, 0.15) is 23.2 Å². The number of anilines is 1. The molecule has 1 aliphatic rings. The number of carbonyl (C=O) groups is 3. The van der Waals surface area contributed by atoms with Crippen LogP contribution in [0.3, 0.4) is 0 Å². The summed E-state index contributed by atoms with van der Waals surface area (Å²) in [7, 11) is 0. The largest absolute Gasteiger partial charge is 0.595 e. The lowest BCUT2D eigenvalue weighted by Gasteiger charge is -2.32. The van der Waals surface area contributed by atoms with E-state index >= 15 is 0 Å². The lowest BCUT2D eigenvalue weighted by molar-refractivity contribution is -0.991. The zero-order valence-corrected chi connectivity index (χ0v) is 18.7. The molecule has 12 nitrogen and oxygen atoms in total. The number of thiocarbonyl (C=S) groups is 1. The highest BCUT2D eigenvalue weighted by molar-refractivity contribution is 7.80. The summed E-state index contributed by atoms with van der Waals surface area (Å²) in [6, 6.07) is 4.35. The number of amides is 1. The van der Waals surface area contributed by atoms with Crippen molar-refractivity contribution in [2.45, 2.75) is 26.7 Å². The molecule has 3 rings (SSSR count). The predicted octanol–water partition coefficient (Wildman–Crippen LogP) is -0.0936. The van der Waals surface area contributed by atoms with Gasteiger partial charge in [-0.3, -0.25) is 30.6 Å². The molecular formula is C18H21N7O5S2. The first-order valence-corrected chi connectivity index (χ1v) is 10.6. The molecule has 0 bridgehead atoms. The van der Waals surface area contributed by atoms with E-state index in [1.807, 2.05) is 0 Å². The van der Waals surface area contributed by atoms with Gasteiger partial charge in [-0.15, -0.1) is 0 Å². The van der Waals surface area contributed by atoms with Gasteiger partial charge >= 0.3 is 0 Å². The van der Waals surface area contributed by atoms with Crippen molar-refractivity contribution in [2.75, 3.05) is 5.32 Å². The maximum Gasteiger partial charge on any atom is 0.274 e. The maximum absolute atomic E-state index is 13.0. The summed E-state index contributed by atoms with van der Waals surface area (Å²) in [6.07, 6.45) is 0.211. The van der Waals surface area contributed by atoms with Crippen LogP contribution in [-0.4, -0.2) is 38.5 Å². The third-order valence-electron chi connectivity index (χ3n) is 4.72. The molecule has 7 N–H and O–H groups in total. The van der Waals surface area contributed by atoms with Crippen LogP contribution in [0.25, 0.3) is 10.2 Å². The van der Waals surface area contributed by atoms with Gasteiger partial charge in [0.15, 0.2) is 10.8 Å². The number of aromatic nitrogens is 1. The number of ketones is 2. The molecular weight excluding hydrogens is 458 g/mol. The molecule has 0 saturated heterocycles. The van der Waals surface area contributed by atoms with E-state index in [1.54, 1.807) is 13.8 Å². The number of benzene rings is 1. The van der Waals surface area contributed by atoms with E-state index in [0.717, 1.165) is 11.3 Å². The molecule has 0 spiro atoms. The summed E-state index contributed by atoms with van der Waals surface area (Å²) in [5.41, 5.74) is 4.16. The number of hydrazine groups is 1. The maximum atomic E-state index is 13.0. The second-order valence-electron chi connectivity index (χ2n) is 7.93. The van der Waals surface area contributed by atoms with Gasteiger partial charge in [0.05, 0.1) is 10.2 Å². The average molecular weight is 480 g/mol. The molecule has 2 aromatic rings. The topological polar surface area (TPSA) is 186 Å². The Balaban J connectivity index is 1.90. The standard InChI is InChI=1S/C18H21N7O5S2/c1-18(2)6-10(26)13(11(27)7-18)14(23-24-16(31)22-19)15(28)21-17-20-9-4-3-8(25(29)30)5-12(9)32-17/h3-5,13,25,29H,6-7,19H2,1-2H3,(H,20,21,28)(H2,22,24,31)/b23-14-. The second-order valence-corrected chi connectivity index (χ2v) is 9.37. The third kappa shape index (κ3) is 5.29. The van der Waals surface area contributed by atoms with E-state index in [1.165, 1.54) is 18.2 Å². The first kappa shape index (κ1) is 23.8. The Morgan fingerprint density at radius 3 is 2.62 bits per heavy atom. The monoisotopic (exact) mass is 479 g/mol. The molecule has 32 heavy (non-hydrogen) atoms. The van der Waals surface area contributed by atoms with Gasteiger partial charge in [-0.25, -0.2) is 16.0 Å². The first-order valence-electron chi connectivity index (χ1n) is 9.35. The normalized spacial score (nSPS) is 17.8. The van der Waals surface area contributed by atoms with Crippen molar-refractivity contribution in [3.8, 4) is 0 Å². The van der Waals surface area contributed by atoms with Crippen molar-refractivity contribution in [2.24, 2.45) is 22.3 Å². The van der Waals surface area contributed by atoms with Crippen molar-refractivity contribution in [3.05, 3.63) is 23.4 Å². The predicted molar refractivity (Wildman–Crippen MR) is 121 cm³/mol. The number of hydrogen-bond acceptors (Lipinski definition) is 10. The van der Waals surface area contributed by atoms with Crippen molar-refractivity contribution in [1.82, 2.24) is 15.8 Å². The number of thiazole rings is 1. The molecule has 170 valence electrons. The third-order valence-corrected chi connectivity index (χ3v) is 5.86. The highest BCUT2D eigenvalue weighted by atomic mass is 32.1. The lowest BCUT2D eigenvalue weighted by atomic mass is 9.70. The molecule has 1 saturated carbocycles. The SMILES string of the molecule is CC1(C)CC(=O)C(/C(=N/NC(=S)NN)C(=O)Nc2nc3ccc([NH+]([O-])O)cc3s2)C(=O)C1. The summed E-state index contributed by atoms with van der Waals surface area (Å²) in [5, 5.41) is 25.6. The number of nitrogens with zero attached hydrogens (tertiary/aromatic N) is 2. The summed E-state index contributed by atoms with van der Waals surface area (Å²) in [6.45, 7) is 3.60. The first-order chi connectivity index (χ1) is 15.0. The quantitative estimate of drug-likeness (QED) is 0.111. The van der Waals surface area contributed by atoms with Crippen LogP contribution >= 0.6 is 23.6 Å². The molecule has 1 aromatic carbocycles. The molecule has 1 fully saturated rings. The summed E-state index contributed by atoms with van der Waals surface area (Å²) in [5.74, 6) is 2.17. The Labute approximate surface area is 191 Å². The second kappa shape index (κ2) is 9.32. The Morgan fingerprint density at radius 1 is 1.38 bits per heavy atom. The van der Waals surface area contributed by atoms with Gasteiger partial charge in [-0.05, 0) is 23.7 Å². The minimum absolute atomic E-state index is 0.0780. The van der Waals surface area contributed by atoms with Crippen LogP contribution in [0.5, 0.6) is 0 Å². The van der Waals surface area contributed by atoms with Gasteiger partial charge in [-0.1, -0.05) is 25.2 Å². The van der Waals surface area contributed by atoms with Crippen molar-refractivity contribution < 1.29 is 24.8 Å². The van der Waals surface area contributed by atoms with Gasteiger partial charge < -0.3 is 5.21 Å². The van der Waals surface area contributed by atoms with Crippen molar-refractivity contribution in [3.63, 3.8) is 0 Å². The van der Waals surface area contributed by atoms with E-state index in [-0.39, 0.29) is 34.5 Å². The number of carbonyl (C=O) groups excluding carboxylic acids is 3. The zero-order chi connectivity index (χ0) is 23.6. The Bertz CT molecular complexity index is 1110. The van der Waals surface area contributed by atoms with E-state index in [2.05, 4.69) is 26.3 Å². The number of Topliss-reactive ketones (excluding diaryl/α,β-unsaturated/α-hetero) is 2. The molecule has 1 heterocycles.